The molecule has 1 amide bonds. The minimum atomic E-state index is 0.0619. The molecule has 1 N–H and O–H groups in total. The summed E-state index contributed by atoms with van der Waals surface area (Å²) in [4.78, 5) is 15.0. The first-order chi connectivity index (χ1) is 12.4. The monoisotopic (exact) mass is 390 g/mol. The zero-order chi connectivity index (χ0) is 18.7. The molecule has 3 nitrogen and oxygen atoms in total. The van der Waals surface area contributed by atoms with Gasteiger partial charge in [-0.3, -0.25) is 9.69 Å². The molecule has 0 radical (unpaired) electrons. The largest absolute Gasteiger partial charge is 0.326 e. The smallest absolute Gasteiger partial charge is 0.227 e. The summed E-state index contributed by atoms with van der Waals surface area (Å²) in [6, 6.07) is 11.6. The molecule has 0 spiro atoms. The lowest BCUT2D eigenvalue weighted by molar-refractivity contribution is -0.121. The molecular formula is C21H24Cl2N2O. The van der Waals surface area contributed by atoms with Crippen LogP contribution in [0.3, 0.4) is 0 Å². The van der Waals surface area contributed by atoms with E-state index < -0.39 is 0 Å². The molecule has 0 atom stereocenters. The molecule has 0 unspecified atom stereocenters. The van der Waals surface area contributed by atoms with E-state index in [1.165, 1.54) is 5.56 Å². The Bertz CT molecular complexity index is 799. The van der Waals surface area contributed by atoms with Gasteiger partial charge in [0.1, 0.15) is 0 Å². The van der Waals surface area contributed by atoms with Gasteiger partial charge >= 0.3 is 0 Å². The van der Waals surface area contributed by atoms with Crippen LogP contribution in [0.25, 0.3) is 0 Å². The van der Waals surface area contributed by atoms with Crippen molar-refractivity contribution in [3.63, 3.8) is 0 Å². The summed E-state index contributed by atoms with van der Waals surface area (Å²) in [6.45, 7) is 6.68. The van der Waals surface area contributed by atoms with Gasteiger partial charge in [0, 0.05) is 28.2 Å². The van der Waals surface area contributed by atoms with Gasteiger partial charge < -0.3 is 5.32 Å². The van der Waals surface area contributed by atoms with Crippen LogP contribution in [0.5, 0.6) is 0 Å². The van der Waals surface area contributed by atoms with Crippen LogP contribution >= 0.6 is 23.2 Å². The third-order valence-electron chi connectivity index (χ3n) is 5.23. The number of nitrogens with one attached hydrogen (secondary N) is 1. The third-order valence-corrected chi connectivity index (χ3v) is 5.82. The van der Waals surface area contributed by atoms with E-state index in [2.05, 4.69) is 23.2 Å². The summed E-state index contributed by atoms with van der Waals surface area (Å²) in [5.74, 6) is 0.190. The zero-order valence-corrected chi connectivity index (χ0v) is 16.7. The van der Waals surface area contributed by atoms with Gasteiger partial charge in [0.15, 0.2) is 0 Å². The highest BCUT2D eigenvalue weighted by Gasteiger charge is 2.25. The summed E-state index contributed by atoms with van der Waals surface area (Å²) >= 11 is 12.2. The maximum atomic E-state index is 12.6. The normalized spacial score (nSPS) is 15.8. The molecule has 0 aromatic heterocycles. The van der Waals surface area contributed by atoms with Crippen LogP contribution < -0.4 is 5.32 Å². The van der Waals surface area contributed by atoms with Crippen molar-refractivity contribution in [2.75, 3.05) is 18.4 Å². The number of amides is 1. The molecule has 1 heterocycles. The van der Waals surface area contributed by atoms with Crippen molar-refractivity contribution in [1.82, 2.24) is 4.90 Å². The quantitative estimate of drug-likeness (QED) is 0.751. The standard InChI is InChI=1S/C21H24Cl2N2O/c1-14-4-3-5-20(15(14)2)24-21(26)16-8-10-25(11-9-16)13-17-6-7-18(22)12-19(17)23/h3-7,12,16H,8-11,13H2,1-2H3,(H,24,26). The lowest BCUT2D eigenvalue weighted by atomic mass is 9.95. The highest BCUT2D eigenvalue weighted by Crippen LogP contribution is 2.26. The summed E-state index contributed by atoms with van der Waals surface area (Å²) in [7, 11) is 0. The lowest BCUT2D eigenvalue weighted by Gasteiger charge is -2.31. The predicted molar refractivity (Wildman–Crippen MR) is 109 cm³/mol. The van der Waals surface area contributed by atoms with Gasteiger partial charge in [0.05, 0.1) is 0 Å². The highest BCUT2D eigenvalue weighted by molar-refractivity contribution is 6.35. The SMILES string of the molecule is Cc1cccc(NC(=O)C2CCN(Cc3ccc(Cl)cc3Cl)CC2)c1C. The van der Waals surface area contributed by atoms with Crippen LogP contribution in [-0.2, 0) is 11.3 Å². The topological polar surface area (TPSA) is 32.3 Å². The summed E-state index contributed by atoms with van der Waals surface area (Å²) in [5.41, 5.74) is 4.33. The van der Waals surface area contributed by atoms with Gasteiger partial charge in [0.25, 0.3) is 0 Å². The minimum Gasteiger partial charge on any atom is -0.326 e. The van der Waals surface area contributed by atoms with Crippen LogP contribution in [0.4, 0.5) is 5.69 Å². The summed E-state index contributed by atoms with van der Waals surface area (Å²) < 4.78 is 0. The predicted octanol–water partition coefficient (Wildman–Crippen LogP) is 5.46. The van der Waals surface area contributed by atoms with E-state index in [1.54, 1.807) is 6.07 Å². The average Bonchev–Trinajstić information content (AvgIpc) is 2.62. The molecule has 2 aromatic carbocycles. The molecule has 5 heteroatoms. The second-order valence-corrected chi connectivity index (χ2v) is 7.87. The van der Waals surface area contributed by atoms with Gasteiger partial charge in [0.2, 0.25) is 5.91 Å². The zero-order valence-electron chi connectivity index (χ0n) is 15.2. The highest BCUT2D eigenvalue weighted by atomic mass is 35.5. The number of nitrogens with zero attached hydrogens (tertiary/aromatic N) is 1. The first kappa shape index (κ1) is 19.2. The number of halogens is 2. The van der Waals surface area contributed by atoms with Crippen LogP contribution in [0, 0.1) is 19.8 Å². The summed E-state index contributed by atoms with van der Waals surface area (Å²) in [5, 5.41) is 4.46. The molecule has 0 saturated carbocycles. The Balaban J connectivity index is 1.54. The fourth-order valence-electron chi connectivity index (χ4n) is 3.37. The Morgan fingerprint density at radius 1 is 1.15 bits per heavy atom. The number of benzene rings is 2. The van der Waals surface area contributed by atoms with Crippen LogP contribution in [-0.4, -0.2) is 23.9 Å². The van der Waals surface area contributed by atoms with E-state index >= 15 is 0 Å². The molecule has 1 aliphatic rings. The Morgan fingerprint density at radius 2 is 1.88 bits per heavy atom. The number of carbonyl (C=O) groups is 1. The molecule has 2 aromatic rings. The van der Waals surface area contributed by atoms with Gasteiger partial charge in [-0.25, -0.2) is 0 Å². The van der Waals surface area contributed by atoms with E-state index in [1.807, 2.05) is 31.2 Å². The first-order valence-corrected chi connectivity index (χ1v) is 9.73. The van der Waals surface area contributed by atoms with E-state index in [0.717, 1.165) is 49.3 Å². The maximum absolute atomic E-state index is 12.6. The number of likely N-dealkylation sites (tertiary alicyclic amines) is 1. The van der Waals surface area contributed by atoms with E-state index in [0.29, 0.717) is 10.0 Å². The Morgan fingerprint density at radius 3 is 2.58 bits per heavy atom. The van der Waals surface area contributed by atoms with Crippen LogP contribution in [0.1, 0.15) is 29.5 Å². The number of aryl methyl sites for hydroxylation is 1. The lowest BCUT2D eigenvalue weighted by Crippen LogP contribution is -2.37. The fraction of sp³-hybridized carbons (Fsp3) is 0.381. The second kappa shape index (κ2) is 8.43. The van der Waals surface area contributed by atoms with Crippen molar-refractivity contribution in [3.8, 4) is 0 Å². The molecule has 3 rings (SSSR count). The number of anilines is 1. The van der Waals surface area contributed by atoms with Gasteiger partial charge in [-0.2, -0.15) is 0 Å². The molecule has 1 saturated heterocycles. The third kappa shape index (κ3) is 4.59. The van der Waals surface area contributed by atoms with Crippen molar-refractivity contribution in [2.24, 2.45) is 5.92 Å². The molecule has 1 fully saturated rings. The number of carbonyl (C=O) groups excluding carboxylic acids is 1. The molecule has 26 heavy (non-hydrogen) atoms. The molecular weight excluding hydrogens is 367 g/mol. The van der Waals surface area contributed by atoms with Crippen molar-refractivity contribution in [2.45, 2.75) is 33.2 Å². The summed E-state index contributed by atoms with van der Waals surface area (Å²) in [6.07, 6.45) is 1.73. The van der Waals surface area contributed by atoms with Crippen molar-refractivity contribution in [1.29, 1.82) is 0 Å². The van der Waals surface area contributed by atoms with Crippen molar-refractivity contribution >= 4 is 34.8 Å². The first-order valence-electron chi connectivity index (χ1n) is 8.97. The molecule has 138 valence electrons. The molecule has 1 aliphatic heterocycles. The average molecular weight is 391 g/mol. The van der Waals surface area contributed by atoms with Gasteiger partial charge in [-0.05, 0) is 74.7 Å². The van der Waals surface area contributed by atoms with Gasteiger partial charge in [-0.1, -0.05) is 41.4 Å². The van der Waals surface area contributed by atoms with Crippen molar-refractivity contribution < 1.29 is 4.79 Å². The number of hydrogen-bond donors (Lipinski definition) is 1. The minimum absolute atomic E-state index is 0.0619. The van der Waals surface area contributed by atoms with Gasteiger partial charge in [-0.15, -0.1) is 0 Å². The Hall–Kier alpha value is -1.55. The van der Waals surface area contributed by atoms with Crippen LogP contribution in [0.15, 0.2) is 36.4 Å². The second-order valence-electron chi connectivity index (χ2n) is 7.02. The number of rotatable bonds is 4. The van der Waals surface area contributed by atoms with Crippen LogP contribution in [0.2, 0.25) is 10.0 Å². The Kier molecular flexibility index (Phi) is 6.23. The Labute approximate surface area is 165 Å². The number of piperidine rings is 1. The molecule has 0 aliphatic carbocycles. The van der Waals surface area contributed by atoms with E-state index in [9.17, 15) is 4.79 Å². The molecule has 0 bridgehead atoms. The fourth-order valence-corrected chi connectivity index (χ4v) is 3.83. The van der Waals surface area contributed by atoms with E-state index in [-0.39, 0.29) is 11.8 Å². The van der Waals surface area contributed by atoms with E-state index in [4.69, 9.17) is 23.2 Å². The van der Waals surface area contributed by atoms with Crippen molar-refractivity contribution in [3.05, 3.63) is 63.1 Å². The number of hydrogen-bond acceptors (Lipinski definition) is 2. The maximum Gasteiger partial charge on any atom is 0.227 e.